The Balaban J connectivity index is 1.65. The molecule has 0 aliphatic rings. The first kappa shape index (κ1) is 27.1. The summed E-state index contributed by atoms with van der Waals surface area (Å²) in [7, 11) is 0. The summed E-state index contributed by atoms with van der Waals surface area (Å²) in [6.45, 7) is 6.54. The van der Waals surface area contributed by atoms with Crippen molar-refractivity contribution < 1.29 is 19.4 Å². The molecule has 1 N–H and O–H groups in total. The van der Waals surface area contributed by atoms with Crippen LogP contribution in [0.5, 0.6) is 11.5 Å². The van der Waals surface area contributed by atoms with Crippen LogP contribution in [-0.2, 0) is 6.61 Å². The van der Waals surface area contributed by atoms with Crippen molar-refractivity contribution >= 4 is 39.0 Å². The number of carboxylic acid groups (broad SMARTS) is 1. The van der Waals surface area contributed by atoms with Crippen LogP contribution < -0.4 is 15.0 Å². The number of hydrogen-bond donors (Lipinski definition) is 1. The fraction of sp³-hybridized carbons (Fsp3) is 0.241. The largest absolute Gasteiger partial charge is 0.490 e. The maximum Gasteiger partial charge on any atom is 0.335 e. The molecule has 0 spiro atoms. The summed E-state index contributed by atoms with van der Waals surface area (Å²) in [5.41, 5.74) is 2.03. The van der Waals surface area contributed by atoms with Crippen LogP contribution in [0.4, 0.5) is 0 Å². The number of benzene rings is 3. The molecule has 9 heteroatoms. The van der Waals surface area contributed by atoms with Crippen LogP contribution in [0.3, 0.4) is 0 Å². The third-order valence-corrected chi connectivity index (χ3v) is 6.54. The fourth-order valence-electron chi connectivity index (χ4n) is 3.85. The minimum Gasteiger partial charge on any atom is -0.490 e. The second-order valence-electron chi connectivity index (χ2n) is 8.74. The molecular formula is C29H28BrN3O5. The lowest BCUT2D eigenvalue weighted by atomic mass is 10.1. The fourth-order valence-corrected chi connectivity index (χ4v) is 4.21. The summed E-state index contributed by atoms with van der Waals surface area (Å²) in [5, 5.41) is 14.2. The molecule has 0 bridgehead atoms. The standard InChI is InChI=1S/C29H28BrN3O5/c1-4-18(3)27-32-24-11-10-22(30)15-23(24)28(34)33(27)31-16-19-9-12-25(26(14-19)37-5-2)38-17-20-7-6-8-21(13-20)29(35)36/h6-16,18H,4-5,17H2,1-3H3,(H,35,36)/t18-/m0/s1. The van der Waals surface area contributed by atoms with Crippen molar-refractivity contribution in [1.29, 1.82) is 0 Å². The molecule has 38 heavy (non-hydrogen) atoms. The first-order valence-electron chi connectivity index (χ1n) is 12.3. The lowest BCUT2D eigenvalue weighted by Gasteiger charge is -2.14. The summed E-state index contributed by atoms with van der Waals surface area (Å²) >= 11 is 3.43. The zero-order valence-electron chi connectivity index (χ0n) is 21.3. The summed E-state index contributed by atoms with van der Waals surface area (Å²) in [5.74, 6) is 0.662. The zero-order chi connectivity index (χ0) is 27.2. The van der Waals surface area contributed by atoms with Gasteiger partial charge in [-0.3, -0.25) is 4.79 Å². The van der Waals surface area contributed by atoms with Gasteiger partial charge in [0.25, 0.3) is 5.56 Å². The van der Waals surface area contributed by atoms with Crippen molar-refractivity contribution in [2.45, 2.75) is 39.7 Å². The van der Waals surface area contributed by atoms with Gasteiger partial charge in [0, 0.05) is 10.4 Å². The molecule has 0 unspecified atom stereocenters. The topological polar surface area (TPSA) is 103 Å². The van der Waals surface area contributed by atoms with E-state index in [2.05, 4.69) is 21.0 Å². The van der Waals surface area contributed by atoms with Crippen LogP contribution in [0.1, 0.15) is 60.4 Å². The molecule has 0 aliphatic heterocycles. The predicted molar refractivity (Wildman–Crippen MR) is 151 cm³/mol. The molecule has 4 aromatic rings. The Morgan fingerprint density at radius 2 is 1.92 bits per heavy atom. The quantitative estimate of drug-likeness (QED) is 0.224. The Hall–Kier alpha value is -3.98. The van der Waals surface area contributed by atoms with Gasteiger partial charge < -0.3 is 14.6 Å². The van der Waals surface area contributed by atoms with Crippen LogP contribution in [0.15, 0.2) is 75.0 Å². The van der Waals surface area contributed by atoms with Crippen LogP contribution in [-0.4, -0.2) is 33.6 Å². The maximum absolute atomic E-state index is 13.4. The Morgan fingerprint density at radius 1 is 1.11 bits per heavy atom. The van der Waals surface area contributed by atoms with Gasteiger partial charge >= 0.3 is 5.97 Å². The smallest absolute Gasteiger partial charge is 0.335 e. The van der Waals surface area contributed by atoms with Crippen molar-refractivity contribution in [2.24, 2.45) is 5.10 Å². The van der Waals surface area contributed by atoms with Crippen molar-refractivity contribution in [3.05, 3.63) is 98.0 Å². The molecule has 1 aromatic heterocycles. The predicted octanol–water partition coefficient (Wildman–Crippen LogP) is 6.23. The van der Waals surface area contributed by atoms with Gasteiger partial charge in [0.05, 0.1) is 29.3 Å². The first-order chi connectivity index (χ1) is 18.3. The molecule has 0 aliphatic carbocycles. The van der Waals surface area contributed by atoms with Crippen LogP contribution in [0, 0.1) is 0 Å². The Morgan fingerprint density at radius 3 is 2.66 bits per heavy atom. The van der Waals surface area contributed by atoms with E-state index >= 15 is 0 Å². The molecule has 1 heterocycles. The first-order valence-corrected chi connectivity index (χ1v) is 13.1. The number of carbonyl (C=O) groups is 1. The Labute approximate surface area is 228 Å². The highest BCUT2D eigenvalue weighted by Gasteiger charge is 2.16. The van der Waals surface area contributed by atoms with E-state index in [1.807, 2.05) is 39.0 Å². The minimum atomic E-state index is -0.990. The summed E-state index contributed by atoms with van der Waals surface area (Å²) < 4.78 is 13.9. The van der Waals surface area contributed by atoms with Crippen molar-refractivity contribution in [2.75, 3.05) is 6.61 Å². The SMILES string of the molecule is CCOc1cc(C=Nn2c([C@@H](C)CC)nc3ccc(Br)cc3c2=O)ccc1OCc1cccc(C(=O)O)c1. The molecule has 196 valence electrons. The number of aromatic nitrogens is 2. The molecule has 0 fully saturated rings. The highest BCUT2D eigenvalue weighted by molar-refractivity contribution is 9.10. The van der Waals surface area contributed by atoms with Crippen molar-refractivity contribution in [1.82, 2.24) is 9.66 Å². The van der Waals surface area contributed by atoms with Crippen LogP contribution >= 0.6 is 15.9 Å². The second-order valence-corrected chi connectivity index (χ2v) is 9.65. The summed E-state index contributed by atoms with van der Waals surface area (Å²) in [6.07, 6.45) is 2.40. The van der Waals surface area contributed by atoms with Crippen LogP contribution in [0.25, 0.3) is 10.9 Å². The van der Waals surface area contributed by atoms with E-state index in [0.29, 0.717) is 40.4 Å². The van der Waals surface area contributed by atoms with E-state index in [1.54, 1.807) is 42.6 Å². The van der Waals surface area contributed by atoms with Gasteiger partial charge in [-0.05, 0) is 73.0 Å². The number of halogens is 1. The lowest BCUT2D eigenvalue weighted by molar-refractivity contribution is 0.0696. The van der Waals surface area contributed by atoms with Gasteiger partial charge in [0.1, 0.15) is 12.4 Å². The number of hydrogen-bond acceptors (Lipinski definition) is 6. The molecule has 0 saturated heterocycles. The Bertz CT molecular complexity index is 1560. The van der Waals surface area contributed by atoms with E-state index in [9.17, 15) is 14.7 Å². The molecule has 4 rings (SSSR count). The highest BCUT2D eigenvalue weighted by atomic mass is 79.9. The van der Waals surface area contributed by atoms with Gasteiger partial charge in [-0.15, -0.1) is 0 Å². The Kier molecular flexibility index (Phi) is 8.58. The van der Waals surface area contributed by atoms with E-state index < -0.39 is 5.97 Å². The average molecular weight is 578 g/mol. The van der Waals surface area contributed by atoms with Gasteiger partial charge in [0.2, 0.25) is 0 Å². The normalized spacial score (nSPS) is 12.1. The molecular weight excluding hydrogens is 550 g/mol. The molecule has 8 nitrogen and oxygen atoms in total. The highest BCUT2D eigenvalue weighted by Crippen LogP contribution is 2.29. The van der Waals surface area contributed by atoms with E-state index in [-0.39, 0.29) is 23.6 Å². The molecule has 3 aromatic carbocycles. The van der Waals surface area contributed by atoms with Gasteiger partial charge in [-0.2, -0.15) is 9.78 Å². The van der Waals surface area contributed by atoms with Gasteiger partial charge in [-0.1, -0.05) is 41.9 Å². The maximum atomic E-state index is 13.4. The van der Waals surface area contributed by atoms with Crippen LogP contribution in [0.2, 0.25) is 0 Å². The lowest BCUT2D eigenvalue weighted by Crippen LogP contribution is -2.23. The van der Waals surface area contributed by atoms with Crippen molar-refractivity contribution in [3.8, 4) is 11.5 Å². The minimum absolute atomic E-state index is 0.0299. The van der Waals surface area contributed by atoms with E-state index in [1.165, 1.54) is 10.7 Å². The van der Waals surface area contributed by atoms with Gasteiger partial charge in [-0.25, -0.2) is 9.78 Å². The molecule has 0 saturated carbocycles. The number of nitrogens with zero attached hydrogens (tertiary/aromatic N) is 3. The van der Waals surface area contributed by atoms with Crippen molar-refractivity contribution in [3.63, 3.8) is 0 Å². The molecule has 0 radical (unpaired) electrons. The van der Waals surface area contributed by atoms with E-state index in [4.69, 9.17) is 14.5 Å². The number of aromatic carboxylic acids is 1. The number of rotatable bonds is 10. The van der Waals surface area contributed by atoms with Gasteiger partial charge in [0.15, 0.2) is 11.5 Å². The monoisotopic (exact) mass is 577 g/mol. The zero-order valence-corrected chi connectivity index (χ0v) is 22.9. The number of carboxylic acids is 1. The third kappa shape index (κ3) is 6.11. The average Bonchev–Trinajstić information content (AvgIpc) is 2.92. The summed E-state index contributed by atoms with van der Waals surface area (Å²) in [6, 6.07) is 17.4. The van der Waals surface area contributed by atoms with E-state index in [0.717, 1.165) is 16.5 Å². The third-order valence-electron chi connectivity index (χ3n) is 6.04. The molecule has 1 atom stereocenters. The molecule has 0 amide bonds. The summed E-state index contributed by atoms with van der Waals surface area (Å²) in [4.78, 5) is 29.3. The second kappa shape index (κ2) is 12.0. The number of ether oxygens (including phenoxy) is 2. The number of fused-ring (bicyclic) bond motifs is 1.